The van der Waals surface area contributed by atoms with Crippen LogP contribution in [0.25, 0.3) is 0 Å². The van der Waals surface area contributed by atoms with Crippen LogP contribution < -0.4 is 0 Å². The Labute approximate surface area is 133 Å². The molecule has 1 aliphatic rings. The zero-order chi connectivity index (χ0) is 16.5. The Morgan fingerprint density at radius 1 is 1.36 bits per heavy atom. The van der Waals surface area contributed by atoms with Gasteiger partial charge in [-0.25, -0.2) is 0 Å². The Hall–Kier alpha value is -1.57. The molecule has 1 amide bonds. The van der Waals surface area contributed by atoms with Crippen LogP contribution in [0.3, 0.4) is 0 Å². The van der Waals surface area contributed by atoms with Crippen LogP contribution in [-0.2, 0) is 16.0 Å². The molecule has 4 nitrogen and oxygen atoms in total. The third-order valence-electron chi connectivity index (χ3n) is 3.82. The number of amides is 1. The van der Waals surface area contributed by atoms with Crippen molar-refractivity contribution >= 4 is 27.8 Å². The maximum atomic E-state index is 13.1. The molecule has 1 aliphatic heterocycles. The van der Waals surface area contributed by atoms with Gasteiger partial charge in [0.05, 0.1) is 6.42 Å². The topological polar surface area (TPSA) is 57.6 Å². The Morgan fingerprint density at radius 2 is 2.05 bits per heavy atom. The van der Waals surface area contributed by atoms with Crippen LogP contribution >= 0.6 is 15.9 Å². The summed E-state index contributed by atoms with van der Waals surface area (Å²) in [5.41, 5.74) is -2.21. The molecular formula is C14H13BrF3NO3. The summed E-state index contributed by atoms with van der Waals surface area (Å²) in [7, 11) is 0. The number of hydrogen-bond donors (Lipinski definition) is 1. The Kier molecular flexibility index (Phi) is 4.51. The maximum Gasteiger partial charge on any atom is 0.406 e. The van der Waals surface area contributed by atoms with Gasteiger partial charge in [0.2, 0.25) is 5.91 Å². The fourth-order valence-electron chi connectivity index (χ4n) is 2.48. The summed E-state index contributed by atoms with van der Waals surface area (Å²) >= 11 is 3.25. The van der Waals surface area contributed by atoms with Gasteiger partial charge in [-0.3, -0.25) is 9.59 Å². The predicted molar refractivity (Wildman–Crippen MR) is 75.2 cm³/mol. The fraction of sp³-hybridized carbons (Fsp3) is 0.429. The number of halogens is 4. The minimum atomic E-state index is -4.89. The van der Waals surface area contributed by atoms with Crippen LogP contribution in [0.15, 0.2) is 28.7 Å². The molecular weight excluding hydrogens is 367 g/mol. The highest BCUT2D eigenvalue weighted by Crippen LogP contribution is 2.45. The second-order valence-corrected chi connectivity index (χ2v) is 6.17. The van der Waals surface area contributed by atoms with E-state index in [4.69, 9.17) is 5.11 Å². The lowest BCUT2D eigenvalue weighted by molar-refractivity contribution is -0.227. The van der Waals surface area contributed by atoms with E-state index < -0.39 is 36.4 Å². The van der Waals surface area contributed by atoms with Crippen LogP contribution in [0.4, 0.5) is 13.2 Å². The number of hydrogen-bond acceptors (Lipinski definition) is 2. The highest BCUT2D eigenvalue weighted by molar-refractivity contribution is 9.10. The van der Waals surface area contributed by atoms with E-state index in [2.05, 4.69) is 15.9 Å². The number of carbonyl (C=O) groups is 2. The monoisotopic (exact) mass is 379 g/mol. The fourth-order valence-corrected chi connectivity index (χ4v) is 2.93. The van der Waals surface area contributed by atoms with Crippen LogP contribution in [-0.4, -0.2) is 41.1 Å². The van der Waals surface area contributed by atoms with Gasteiger partial charge in [0.25, 0.3) is 0 Å². The van der Waals surface area contributed by atoms with E-state index in [1.165, 1.54) is 0 Å². The van der Waals surface area contributed by atoms with Crippen LogP contribution in [0.2, 0.25) is 0 Å². The van der Waals surface area contributed by atoms with Crippen LogP contribution in [0, 0.1) is 5.41 Å². The first-order valence-corrected chi connectivity index (χ1v) is 7.27. The molecule has 22 heavy (non-hydrogen) atoms. The number of carbonyl (C=O) groups excluding carboxylic acids is 1. The summed E-state index contributed by atoms with van der Waals surface area (Å²) in [6, 6.07) is 6.87. The van der Waals surface area contributed by atoms with E-state index in [-0.39, 0.29) is 13.0 Å². The summed E-state index contributed by atoms with van der Waals surface area (Å²) in [6.45, 7) is -1.04. The Balaban J connectivity index is 2.12. The minimum absolute atomic E-state index is 0.0625. The number of alkyl halides is 3. The average Bonchev–Trinajstić information content (AvgIpc) is 2.84. The number of rotatable bonds is 3. The summed E-state index contributed by atoms with van der Waals surface area (Å²) in [6.07, 6.45) is -5.56. The van der Waals surface area contributed by atoms with E-state index in [9.17, 15) is 22.8 Å². The molecule has 1 heterocycles. The molecule has 1 atom stereocenters. The Morgan fingerprint density at radius 3 is 2.55 bits per heavy atom. The smallest absolute Gasteiger partial charge is 0.406 e. The van der Waals surface area contributed by atoms with Gasteiger partial charge in [0.15, 0.2) is 5.41 Å². The maximum absolute atomic E-state index is 13.1. The van der Waals surface area contributed by atoms with E-state index >= 15 is 0 Å². The zero-order valence-corrected chi connectivity index (χ0v) is 12.9. The first kappa shape index (κ1) is 16.8. The van der Waals surface area contributed by atoms with Crippen molar-refractivity contribution in [1.82, 2.24) is 4.90 Å². The van der Waals surface area contributed by atoms with Crippen molar-refractivity contribution < 1.29 is 27.9 Å². The molecule has 1 aromatic rings. The lowest BCUT2D eigenvalue weighted by atomic mass is 9.86. The minimum Gasteiger partial charge on any atom is -0.481 e. The lowest BCUT2D eigenvalue weighted by Gasteiger charge is -2.27. The van der Waals surface area contributed by atoms with Gasteiger partial charge < -0.3 is 10.0 Å². The van der Waals surface area contributed by atoms with Gasteiger partial charge in [-0.15, -0.1) is 0 Å². The van der Waals surface area contributed by atoms with Crippen molar-refractivity contribution in [1.29, 1.82) is 0 Å². The average molecular weight is 380 g/mol. The zero-order valence-electron chi connectivity index (χ0n) is 11.4. The molecule has 1 N–H and O–H groups in total. The van der Waals surface area contributed by atoms with Crippen molar-refractivity contribution in [3.63, 3.8) is 0 Å². The van der Waals surface area contributed by atoms with E-state index in [1.54, 1.807) is 24.3 Å². The first-order valence-electron chi connectivity index (χ1n) is 6.48. The van der Waals surface area contributed by atoms with Crippen LogP contribution in [0.5, 0.6) is 0 Å². The molecule has 8 heteroatoms. The third kappa shape index (κ3) is 3.11. The number of carboxylic acids is 1. The van der Waals surface area contributed by atoms with Gasteiger partial charge in [-0.1, -0.05) is 28.1 Å². The van der Waals surface area contributed by atoms with Crippen molar-refractivity contribution in [2.75, 3.05) is 13.1 Å². The summed E-state index contributed by atoms with van der Waals surface area (Å²) in [5.74, 6) is -2.44. The predicted octanol–water partition coefficient (Wildman–Crippen LogP) is 2.86. The molecule has 1 saturated heterocycles. The summed E-state index contributed by atoms with van der Waals surface area (Å²) in [5, 5.41) is 8.96. The molecule has 0 bridgehead atoms. The molecule has 120 valence electrons. The number of benzene rings is 1. The number of nitrogens with zero attached hydrogens (tertiary/aromatic N) is 1. The summed E-state index contributed by atoms with van der Waals surface area (Å²) < 4.78 is 39.9. The van der Waals surface area contributed by atoms with Gasteiger partial charge in [-0.05, 0) is 24.1 Å². The number of carboxylic acid groups (broad SMARTS) is 1. The largest absolute Gasteiger partial charge is 0.481 e. The van der Waals surface area contributed by atoms with Gasteiger partial charge in [0.1, 0.15) is 0 Å². The summed E-state index contributed by atoms with van der Waals surface area (Å²) in [4.78, 5) is 24.2. The van der Waals surface area contributed by atoms with Crippen molar-refractivity contribution in [3.8, 4) is 0 Å². The van der Waals surface area contributed by atoms with E-state index in [0.717, 1.165) is 9.37 Å². The molecule has 1 unspecified atom stereocenters. The lowest BCUT2D eigenvalue weighted by Crippen LogP contribution is -2.47. The molecule has 2 rings (SSSR count). The number of likely N-dealkylation sites (tertiary alicyclic amines) is 1. The van der Waals surface area contributed by atoms with Gasteiger partial charge >= 0.3 is 12.1 Å². The SMILES string of the molecule is O=C(Cc1cccc(Br)c1)N1CCC(C(=O)O)(C(F)(F)F)C1. The third-order valence-corrected chi connectivity index (χ3v) is 4.31. The standard InChI is InChI=1S/C14H13BrF3NO3/c15-10-3-1-2-9(6-10)7-11(20)19-5-4-13(8-19,12(21)22)14(16,17)18/h1-3,6H,4-5,7-8H2,(H,21,22). The highest BCUT2D eigenvalue weighted by atomic mass is 79.9. The molecule has 0 saturated carbocycles. The van der Waals surface area contributed by atoms with Crippen molar-refractivity contribution in [3.05, 3.63) is 34.3 Å². The molecule has 0 aromatic heterocycles. The Bertz CT molecular complexity index is 605. The molecule has 0 radical (unpaired) electrons. The van der Waals surface area contributed by atoms with Gasteiger partial charge in [0, 0.05) is 17.6 Å². The highest BCUT2D eigenvalue weighted by Gasteiger charge is 2.64. The number of aliphatic carboxylic acids is 1. The first-order chi connectivity index (χ1) is 10.2. The second-order valence-electron chi connectivity index (χ2n) is 5.26. The van der Waals surface area contributed by atoms with E-state index in [0.29, 0.717) is 5.56 Å². The molecule has 1 fully saturated rings. The van der Waals surface area contributed by atoms with E-state index in [1.807, 2.05) is 0 Å². The molecule has 1 aromatic carbocycles. The second kappa shape index (κ2) is 5.91. The molecule has 0 spiro atoms. The van der Waals surface area contributed by atoms with Gasteiger partial charge in [-0.2, -0.15) is 13.2 Å². The normalized spacial score (nSPS) is 21.9. The molecule has 0 aliphatic carbocycles. The van der Waals surface area contributed by atoms with Crippen molar-refractivity contribution in [2.24, 2.45) is 5.41 Å². The quantitative estimate of drug-likeness (QED) is 0.878. The van der Waals surface area contributed by atoms with Crippen molar-refractivity contribution in [2.45, 2.75) is 19.0 Å². The van der Waals surface area contributed by atoms with Crippen LogP contribution in [0.1, 0.15) is 12.0 Å².